The molecule has 1 aliphatic carbocycles. The predicted octanol–water partition coefficient (Wildman–Crippen LogP) is 3.03. The largest absolute Gasteiger partial charge is 0.298 e. The van der Waals surface area contributed by atoms with E-state index in [9.17, 15) is 8.78 Å². The van der Waals surface area contributed by atoms with Gasteiger partial charge in [0.25, 0.3) is 0 Å². The summed E-state index contributed by atoms with van der Waals surface area (Å²) in [4.78, 5) is 4.80. The number of hydrogen-bond acceptors (Lipinski definition) is 2. The molecule has 0 atom stereocenters. The Morgan fingerprint density at radius 1 is 1.00 bits per heavy atom. The van der Waals surface area contributed by atoms with Crippen LogP contribution in [0.25, 0.3) is 0 Å². The Bertz CT molecular complexity index is 450. The van der Waals surface area contributed by atoms with Crippen LogP contribution in [0.5, 0.6) is 0 Å². The molecule has 20 heavy (non-hydrogen) atoms. The van der Waals surface area contributed by atoms with Crippen molar-refractivity contribution in [3.63, 3.8) is 0 Å². The number of halogens is 2. The van der Waals surface area contributed by atoms with Crippen LogP contribution in [0.2, 0.25) is 0 Å². The number of rotatable bonds is 3. The number of benzene rings is 1. The van der Waals surface area contributed by atoms with Crippen molar-refractivity contribution in [3.8, 4) is 0 Å². The minimum atomic E-state index is -0.743. The number of piperazine rings is 1. The van der Waals surface area contributed by atoms with Crippen LogP contribution in [0.3, 0.4) is 0 Å². The van der Waals surface area contributed by atoms with E-state index in [2.05, 4.69) is 9.80 Å². The lowest BCUT2D eigenvalue weighted by molar-refractivity contribution is 0.0929. The Kier molecular flexibility index (Phi) is 4.32. The fourth-order valence-corrected chi connectivity index (χ4v) is 3.47. The second-order valence-electron chi connectivity index (χ2n) is 5.96. The topological polar surface area (TPSA) is 6.48 Å². The molecule has 0 bridgehead atoms. The first-order chi connectivity index (χ1) is 9.74. The maximum atomic E-state index is 13.7. The Hall–Kier alpha value is -1.00. The molecule has 1 saturated heterocycles. The van der Waals surface area contributed by atoms with Crippen molar-refractivity contribution in [1.29, 1.82) is 0 Å². The average molecular weight is 280 g/mol. The van der Waals surface area contributed by atoms with E-state index in [1.165, 1.54) is 31.7 Å². The maximum Gasteiger partial charge on any atom is 0.163 e. The van der Waals surface area contributed by atoms with E-state index in [1.54, 1.807) is 12.1 Å². The van der Waals surface area contributed by atoms with Crippen molar-refractivity contribution in [2.24, 2.45) is 0 Å². The highest BCUT2D eigenvalue weighted by Gasteiger charge is 2.26. The van der Waals surface area contributed by atoms with Gasteiger partial charge in [-0.15, -0.1) is 0 Å². The molecule has 3 rings (SSSR count). The molecule has 2 nitrogen and oxygen atoms in total. The first-order valence-corrected chi connectivity index (χ1v) is 7.63. The Morgan fingerprint density at radius 3 is 2.40 bits per heavy atom. The molecular weight excluding hydrogens is 258 g/mol. The van der Waals surface area contributed by atoms with Crippen molar-refractivity contribution in [1.82, 2.24) is 9.80 Å². The maximum absolute atomic E-state index is 13.7. The molecule has 0 amide bonds. The lowest BCUT2D eigenvalue weighted by Crippen LogP contribution is -2.49. The molecule has 2 fully saturated rings. The molecule has 1 heterocycles. The number of hydrogen-bond donors (Lipinski definition) is 0. The van der Waals surface area contributed by atoms with Gasteiger partial charge in [-0.1, -0.05) is 25.0 Å². The van der Waals surface area contributed by atoms with E-state index in [0.29, 0.717) is 12.1 Å². The van der Waals surface area contributed by atoms with Gasteiger partial charge >= 0.3 is 0 Å². The van der Waals surface area contributed by atoms with E-state index in [-0.39, 0.29) is 0 Å². The van der Waals surface area contributed by atoms with E-state index in [1.807, 2.05) is 0 Å². The van der Waals surface area contributed by atoms with Crippen LogP contribution in [0, 0.1) is 11.6 Å². The molecule has 1 aliphatic heterocycles. The van der Waals surface area contributed by atoms with E-state index >= 15 is 0 Å². The van der Waals surface area contributed by atoms with E-state index < -0.39 is 11.6 Å². The standard InChI is InChI=1S/C16H22F2N2/c17-15-7-3-4-13(16(15)18)12-19-8-10-20(11-9-19)14-5-1-2-6-14/h3-4,7,14H,1-2,5-6,8-12H2. The summed E-state index contributed by atoms with van der Waals surface area (Å²) in [6.07, 6.45) is 5.38. The van der Waals surface area contributed by atoms with Crippen molar-refractivity contribution in [3.05, 3.63) is 35.4 Å². The summed E-state index contributed by atoms with van der Waals surface area (Å²) < 4.78 is 26.9. The minimum absolute atomic E-state index is 0.472. The molecule has 0 radical (unpaired) electrons. The van der Waals surface area contributed by atoms with Gasteiger partial charge in [-0.2, -0.15) is 0 Å². The molecule has 2 aliphatic rings. The van der Waals surface area contributed by atoms with Crippen molar-refractivity contribution < 1.29 is 8.78 Å². The molecule has 0 aromatic heterocycles. The third-order valence-electron chi connectivity index (χ3n) is 4.67. The highest BCUT2D eigenvalue weighted by Crippen LogP contribution is 2.24. The molecule has 110 valence electrons. The summed E-state index contributed by atoms with van der Waals surface area (Å²) in [5, 5.41) is 0. The molecule has 0 N–H and O–H groups in total. The zero-order chi connectivity index (χ0) is 13.9. The van der Waals surface area contributed by atoms with Crippen molar-refractivity contribution in [2.75, 3.05) is 26.2 Å². The predicted molar refractivity (Wildman–Crippen MR) is 75.5 cm³/mol. The fourth-order valence-electron chi connectivity index (χ4n) is 3.47. The molecule has 0 spiro atoms. The quantitative estimate of drug-likeness (QED) is 0.840. The van der Waals surface area contributed by atoms with Gasteiger partial charge in [0.05, 0.1) is 0 Å². The first kappa shape index (κ1) is 14.0. The smallest absolute Gasteiger partial charge is 0.163 e. The summed E-state index contributed by atoms with van der Waals surface area (Å²) in [6, 6.07) is 5.21. The molecule has 0 unspecified atom stereocenters. The van der Waals surface area contributed by atoms with Gasteiger partial charge in [-0.3, -0.25) is 9.80 Å². The lowest BCUT2D eigenvalue weighted by Gasteiger charge is -2.38. The average Bonchev–Trinajstić information content (AvgIpc) is 2.99. The zero-order valence-electron chi connectivity index (χ0n) is 11.8. The normalized spacial score (nSPS) is 22.5. The summed E-state index contributed by atoms with van der Waals surface area (Å²) in [5.74, 6) is -1.43. The second kappa shape index (κ2) is 6.19. The SMILES string of the molecule is Fc1cccc(CN2CCN(C3CCCC3)CC2)c1F. The summed E-state index contributed by atoms with van der Waals surface area (Å²) in [7, 11) is 0. The van der Waals surface area contributed by atoms with Crippen LogP contribution >= 0.6 is 0 Å². The monoisotopic (exact) mass is 280 g/mol. The van der Waals surface area contributed by atoms with Crippen LogP contribution < -0.4 is 0 Å². The molecule has 4 heteroatoms. The summed E-state index contributed by atoms with van der Waals surface area (Å²) in [5.41, 5.74) is 0.472. The Balaban J connectivity index is 1.54. The minimum Gasteiger partial charge on any atom is -0.298 e. The Morgan fingerprint density at radius 2 is 1.70 bits per heavy atom. The van der Waals surface area contributed by atoms with Crippen molar-refractivity contribution >= 4 is 0 Å². The van der Waals surface area contributed by atoms with E-state index in [4.69, 9.17) is 0 Å². The second-order valence-corrected chi connectivity index (χ2v) is 5.96. The van der Waals surface area contributed by atoms with Gasteiger partial charge in [0.15, 0.2) is 11.6 Å². The molecule has 1 aromatic rings. The van der Waals surface area contributed by atoms with E-state index in [0.717, 1.165) is 32.2 Å². The van der Waals surface area contributed by atoms with Gasteiger partial charge in [0.2, 0.25) is 0 Å². The van der Waals surface area contributed by atoms with Gasteiger partial charge in [0.1, 0.15) is 0 Å². The summed E-state index contributed by atoms with van der Waals surface area (Å²) >= 11 is 0. The third kappa shape index (κ3) is 3.01. The molecule has 1 saturated carbocycles. The lowest BCUT2D eigenvalue weighted by atomic mass is 10.1. The van der Waals surface area contributed by atoms with Gasteiger partial charge < -0.3 is 0 Å². The highest BCUT2D eigenvalue weighted by atomic mass is 19.2. The summed E-state index contributed by atoms with van der Waals surface area (Å²) in [6.45, 7) is 4.53. The van der Waals surface area contributed by atoms with Gasteiger partial charge in [0, 0.05) is 44.3 Å². The van der Waals surface area contributed by atoms with Crippen LogP contribution in [0.15, 0.2) is 18.2 Å². The van der Waals surface area contributed by atoms with Crippen LogP contribution in [-0.2, 0) is 6.54 Å². The Labute approximate surface area is 119 Å². The highest BCUT2D eigenvalue weighted by molar-refractivity contribution is 5.18. The number of nitrogens with zero attached hydrogens (tertiary/aromatic N) is 2. The fraction of sp³-hybridized carbons (Fsp3) is 0.625. The van der Waals surface area contributed by atoms with Gasteiger partial charge in [-0.25, -0.2) is 8.78 Å². The van der Waals surface area contributed by atoms with Crippen LogP contribution in [0.1, 0.15) is 31.2 Å². The van der Waals surface area contributed by atoms with Crippen LogP contribution in [0.4, 0.5) is 8.78 Å². The van der Waals surface area contributed by atoms with Gasteiger partial charge in [-0.05, 0) is 18.9 Å². The molecular formula is C16H22F2N2. The molecule has 1 aromatic carbocycles. The first-order valence-electron chi connectivity index (χ1n) is 7.63. The third-order valence-corrected chi connectivity index (χ3v) is 4.67. The van der Waals surface area contributed by atoms with Crippen molar-refractivity contribution in [2.45, 2.75) is 38.3 Å². The zero-order valence-corrected chi connectivity index (χ0v) is 11.8. The van der Waals surface area contributed by atoms with Crippen LogP contribution in [-0.4, -0.2) is 42.0 Å².